The number of benzene rings is 1. The lowest BCUT2D eigenvalue weighted by Gasteiger charge is -2.14. The van der Waals surface area contributed by atoms with E-state index in [1.165, 1.54) is 11.3 Å². The minimum absolute atomic E-state index is 0.0759. The molecule has 1 aliphatic heterocycles. The Labute approximate surface area is 143 Å². The Balaban J connectivity index is 1.66. The summed E-state index contributed by atoms with van der Waals surface area (Å²) in [5.41, 5.74) is 1.90. The number of aromatic nitrogens is 2. The molecule has 1 aromatic carbocycles. The molecule has 5 nitrogen and oxygen atoms in total. The van der Waals surface area contributed by atoms with Crippen LogP contribution >= 0.6 is 11.3 Å². The molecule has 1 unspecified atom stereocenters. The molecule has 24 heavy (non-hydrogen) atoms. The van der Waals surface area contributed by atoms with Crippen LogP contribution in [0.1, 0.15) is 12.2 Å². The molecule has 2 N–H and O–H groups in total. The van der Waals surface area contributed by atoms with Crippen LogP contribution in [0.3, 0.4) is 0 Å². The van der Waals surface area contributed by atoms with Gasteiger partial charge in [-0.1, -0.05) is 30.3 Å². The first-order valence-corrected chi connectivity index (χ1v) is 9.01. The maximum absolute atomic E-state index is 12.6. The number of rotatable bonds is 4. The van der Waals surface area contributed by atoms with E-state index in [9.17, 15) is 9.90 Å². The third-order valence-electron chi connectivity index (χ3n) is 4.58. The number of fused-ring (bicyclic) bond motifs is 1. The highest BCUT2D eigenvalue weighted by Gasteiger charge is 2.22. The van der Waals surface area contributed by atoms with Gasteiger partial charge in [0.1, 0.15) is 10.7 Å². The van der Waals surface area contributed by atoms with E-state index in [0.717, 1.165) is 35.5 Å². The van der Waals surface area contributed by atoms with Crippen LogP contribution in [0.15, 0.2) is 40.5 Å². The number of likely N-dealkylation sites (tertiary alicyclic amines) is 1. The first-order chi connectivity index (χ1) is 11.7. The molecular weight excluding hydrogens is 322 g/mol. The van der Waals surface area contributed by atoms with Crippen molar-refractivity contribution in [3.8, 4) is 11.1 Å². The number of aliphatic hydroxyl groups excluding tert-OH is 1. The van der Waals surface area contributed by atoms with Gasteiger partial charge in [0.15, 0.2) is 0 Å². The molecule has 4 rings (SSSR count). The lowest BCUT2D eigenvalue weighted by atomic mass is 10.1. The molecular formula is C18H19N3O2S. The smallest absolute Gasteiger partial charge is 0.260 e. The van der Waals surface area contributed by atoms with Gasteiger partial charge in [-0.2, -0.15) is 0 Å². The van der Waals surface area contributed by atoms with Crippen molar-refractivity contribution in [3.63, 3.8) is 0 Å². The summed E-state index contributed by atoms with van der Waals surface area (Å²) in [6, 6.07) is 9.93. The van der Waals surface area contributed by atoms with Crippen molar-refractivity contribution in [1.29, 1.82) is 0 Å². The quantitative estimate of drug-likeness (QED) is 0.765. The van der Waals surface area contributed by atoms with E-state index in [4.69, 9.17) is 0 Å². The second-order valence-corrected chi connectivity index (χ2v) is 7.14. The van der Waals surface area contributed by atoms with E-state index < -0.39 is 0 Å². The predicted molar refractivity (Wildman–Crippen MR) is 96.1 cm³/mol. The zero-order valence-electron chi connectivity index (χ0n) is 13.2. The number of hydrogen-bond donors (Lipinski definition) is 2. The molecule has 1 aliphatic rings. The Bertz CT molecular complexity index is 904. The van der Waals surface area contributed by atoms with Crippen molar-refractivity contribution < 1.29 is 5.11 Å². The van der Waals surface area contributed by atoms with Crippen molar-refractivity contribution in [1.82, 2.24) is 14.9 Å². The van der Waals surface area contributed by atoms with Crippen molar-refractivity contribution in [2.45, 2.75) is 13.0 Å². The van der Waals surface area contributed by atoms with Crippen LogP contribution in [0.5, 0.6) is 0 Å². The summed E-state index contributed by atoms with van der Waals surface area (Å²) in [6.07, 6.45) is 1.00. The summed E-state index contributed by atoms with van der Waals surface area (Å²) in [5.74, 6) is 1.04. The molecule has 0 saturated carbocycles. The van der Waals surface area contributed by atoms with Gasteiger partial charge >= 0.3 is 0 Å². The number of H-pyrrole nitrogens is 1. The number of aliphatic hydroxyl groups is 1. The molecule has 0 radical (unpaired) electrons. The molecule has 0 amide bonds. The fourth-order valence-electron chi connectivity index (χ4n) is 3.32. The third kappa shape index (κ3) is 2.88. The van der Waals surface area contributed by atoms with Crippen LogP contribution in [-0.2, 0) is 6.54 Å². The van der Waals surface area contributed by atoms with E-state index in [0.29, 0.717) is 23.7 Å². The first-order valence-electron chi connectivity index (χ1n) is 8.13. The topological polar surface area (TPSA) is 69.2 Å². The Hall–Kier alpha value is -2.02. The Kier molecular flexibility index (Phi) is 4.18. The lowest BCUT2D eigenvalue weighted by Crippen LogP contribution is -2.24. The summed E-state index contributed by atoms with van der Waals surface area (Å²) in [6.45, 7) is 2.65. The van der Waals surface area contributed by atoms with Crippen molar-refractivity contribution >= 4 is 21.6 Å². The van der Waals surface area contributed by atoms with E-state index >= 15 is 0 Å². The summed E-state index contributed by atoms with van der Waals surface area (Å²) < 4.78 is 0. The summed E-state index contributed by atoms with van der Waals surface area (Å²) >= 11 is 1.51. The SMILES string of the molecule is O=c1[nH]c(CN2CCC(CO)C2)nc2scc(-c3ccccc3)c12. The fraction of sp³-hybridized carbons (Fsp3) is 0.333. The van der Waals surface area contributed by atoms with Crippen molar-refractivity contribution in [2.24, 2.45) is 5.92 Å². The van der Waals surface area contributed by atoms with Crippen LogP contribution in [0.2, 0.25) is 0 Å². The second-order valence-electron chi connectivity index (χ2n) is 6.28. The molecule has 1 fully saturated rings. The zero-order chi connectivity index (χ0) is 16.5. The molecule has 1 saturated heterocycles. The highest BCUT2D eigenvalue weighted by Crippen LogP contribution is 2.30. The van der Waals surface area contributed by atoms with Gasteiger partial charge in [-0.25, -0.2) is 4.98 Å². The maximum Gasteiger partial charge on any atom is 0.260 e. The largest absolute Gasteiger partial charge is 0.396 e. The van der Waals surface area contributed by atoms with E-state index in [1.54, 1.807) is 0 Å². The number of thiophene rings is 1. The standard InChI is InChI=1S/C18H19N3O2S/c22-10-12-6-7-21(8-12)9-15-19-17(23)16-14(11-24-18(16)20-15)13-4-2-1-3-5-13/h1-5,11-12,22H,6-10H2,(H,19,20,23). The Morgan fingerprint density at radius 2 is 2.17 bits per heavy atom. The van der Waals surface area contributed by atoms with Gasteiger partial charge in [-0.05, 0) is 24.4 Å². The van der Waals surface area contributed by atoms with Crippen molar-refractivity contribution in [3.05, 3.63) is 51.9 Å². The molecule has 124 valence electrons. The zero-order valence-corrected chi connectivity index (χ0v) is 14.1. The molecule has 3 heterocycles. The van der Waals surface area contributed by atoms with Gasteiger partial charge in [0.2, 0.25) is 0 Å². The molecule has 3 aromatic rings. The van der Waals surface area contributed by atoms with Crippen LogP contribution < -0.4 is 5.56 Å². The first kappa shape index (κ1) is 15.5. The second kappa shape index (κ2) is 6.47. The number of aromatic amines is 1. The minimum Gasteiger partial charge on any atom is -0.396 e. The minimum atomic E-state index is -0.0759. The van der Waals surface area contributed by atoms with Gasteiger partial charge in [-0.3, -0.25) is 9.69 Å². The Morgan fingerprint density at radius 3 is 2.92 bits per heavy atom. The molecule has 0 aliphatic carbocycles. The number of nitrogens with one attached hydrogen (secondary N) is 1. The molecule has 1 atom stereocenters. The predicted octanol–water partition coefficient (Wildman–Crippen LogP) is 2.47. The van der Waals surface area contributed by atoms with Crippen LogP contribution in [0.4, 0.5) is 0 Å². The summed E-state index contributed by atoms with van der Waals surface area (Å²) in [4.78, 5) is 23.2. The summed E-state index contributed by atoms with van der Waals surface area (Å²) in [7, 11) is 0. The lowest BCUT2D eigenvalue weighted by molar-refractivity contribution is 0.219. The fourth-order valence-corrected chi connectivity index (χ4v) is 4.28. The number of nitrogens with zero attached hydrogens (tertiary/aromatic N) is 2. The van der Waals surface area contributed by atoms with Crippen LogP contribution in [0.25, 0.3) is 21.3 Å². The van der Waals surface area contributed by atoms with Crippen LogP contribution in [0, 0.1) is 5.92 Å². The monoisotopic (exact) mass is 341 g/mol. The van der Waals surface area contributed by atoms with E-state index in [2.05, 4.69) is 14.9 Å². The molecule has 6 heteroatoms. The van der Waals surface area contributed by atoms with E-state index in [-0.39, 0.29) is 12.2 Å². The highest BCUT2D eigenvalue weighted by atomic mass is 32.1. The third-order valence-corrected chi connectivity index (χ3v) is 5.45. The van der Waals surface area contributed by atoms with Crippen LogP contribution in [-0.4, -0.2) is 39.7 Å². The highest BCUT2D eigenvalue weighted by molar-refractivity contribution is 7.17. The van der Waals surface area contributed by atoms with Gasteiger partial charge in [-0.15, -0.1) is 11.3 Å². The van der Waals surface area contributed by atoms with Gasteiger partial charge in [0.05, 0.1) is 11.9 Å². The Morgan fingerprint density at radius 1 is 1.33 bits per heavy atom. The normalized spacial score (nSPS) is 18.5. The van der Waals surface area contributed by atoms with E-state index in [1.807, 2.05) is 35.7 Å². The summed E-state index contributed by atoms with van der Waals surface area (Å²) in [5, 5.41) is 11.9. The molecule has 2 aromatic heterocycles. The molecule has 0 spiro atoms. The maximum atomic E-state index is 12.6. The average molecular weight is 341 g/mol. The van der Waals surface area contributed by atoms with Crippen molar-refractivity contribution in [2.75, 3.05) is 19.7 Å². The van der Waals surface area contributed by atoms with Gasteiger partial charge in [0.25, 0.3) is 5.56 Å². The van der Waals surface area contributed by atoms with Gasteiger partial charge < -0.3 is 10.1 Å². The average Bonchev–Trinajstić information content (AvgIpc) is 3.22. The van der Waals surface area contributed by atoms with Gasteiger partial charge in [0, 0.05) is 24.1 Å². The molecule has 0 bridgehead atoms. The number of hydrogen-bond acceptors (Lipinski definition) is 5.